The van der Waals surface area contributed by atoms with Gasteiger partial charge in [-0.1, -0.05) is 0 Å². The first-order valence-corrected chi connectivity index (χ1v) is 8.39. The molecule has 5 nitrogen and oxygen atoms in total. The van der Waals surface area contributed by atoms with Crippen LogP contribution >= 0.6 is 0 Å². The number of carbonyl (C=O) groups is 1. The van der Waals surface area contributed by atoms with Crippen molar-refractivity contribution in [2.45, 2.75) is 25.4 Å². The van der Waals surface area contributed by atoms with Gasteiger partial charge in [-0.3, -0.25) is 9.48 Å². The summed E-state index contributed by atoms with van der Waals surface area (Å²) in [4.78, 5) is 17.6. The molecule has 0 spiro atoms. The van der Waals surface area contributed by atoms with E-state index in [1.807, 2.05) is 9.58 Å². The van der Waals surface area contributed by atoms with Gasteiger partial charge >= 0.3 is 0 Å². The first-order chi connectivity index (χ1) is 11.2. The third-order valence-electron chi connectivity index (χ3n) is 5.76. The molecule has 3 fully saturated rings. The van der Waals surface area contributed by atoms with E-state index in [0.717, 1.165) is 38.0 Å². The van der Waals surface area contributed by atoms with E-state index in [-0.39, 0.29) is 17.8 Å². The quantitative estimate of drug-likeness (QED) is 0.805. The Morgan fingerprint density at radius 3 is 2.70 bits per heavy atom. The normalized spacial score (nSPS) is 30.0. The molecule has 6 heteroatoms. The number of hydrogen-bond acceptors (Lipinski definition) is 3. The van der Waals surface area contributed by atoms with Gasteiger partial charge in [-0.2, -0.15) is 5.10 Å². The molecule has 1 aromatic carbocycles. The van der Waals surface area contributed by atoms with Crippen LogP contribution in [0.15, 0.2) is 18.3 Å². The van der Waals surface area contributed by atoms with Crippen LogP contribution in [0.5, 0.6) is 0 Å². The molecule has 0 aliphatic carbocycles. The van der Waals surface area contributed by atoms with Crippen molar-refractivity contribution in [1.29, 1.82) is 0 Å². The van der Waals surface area contributed by atoms with Gasteiger partial charge in [0.15, 0.2) is 0 Å². The number of benzene rings is 1. The van der Waals surface area contributed by atoms with E-state index in [2.05, 4.69) is 10.00 Å². The number of piperidine rings is 3. The van der Waals surface area contributed by atoms with Gasteiger partial charge < -0.3 is 9.80 Å². The van der Waals surface area contributed by atoms with E-state index >= 15 is 0 Å². The number of hydrogen-bond donors (Lipinski definition) is 0. The molecule has 2 aromatic rings. The molecule has 2 bridgehead atoms. The van der Waals surface area contributed by atoms with E-state index in [9.17, 15) is 9.18 Å². The van der Waals surface area contributed by atoms with Crippen molar-refractivity contribution in [3.05, 3.63) is 29.7 Å². The molecule has 1 atom stereocenters. The summed E-state index contributed by atoms with van der Waals surface area (Å²) in [5.41, 5.74) is 1.24. The summed E-state index contributed by atoms with van der Waals surface area (Å²) in [6.07, 6.45) is 3.98. The molecule has 1 aromatic heterocycles. The molecule has 1 unspecified atom stereocenters. The van der Waals surface area contributed by atoms with Gasteiger partial charge in [0.1, 0.15) is 5.82 Å². The molecular weight excluding hydrogens is 295 g/mol. The molecule has 23 heavy (non-hydrogen) atoms. The number of halogens is 1. The zero-order chi connectivity index (χ0) is 15.6. The van der Waals surface area contributed by atoms with Crippen molar-refractivity contribution < 1.29 is 9.18 Å². The molecule has 0 saturated carbocycles. The Bertz CT molecular complexity index is 793. The Morgan fingerprint density at radius 1 is 1.13 bits per heavy atom. The molecule has 6 rings (SSSR count). The minimum Gasteiger partial charge on any atom is -0.332 e. The predicted octanol–water partition coefficient (Wildman–Crippen LogP) is 1.73. The van der Waals surface area contributed by atoms with E-state index < -0.39 is 0 Å². The van der Waals surface area contributed by atoms with Gasteiger partial charge in [0, 0.05) is 24.5 Å². The van der Waals surface area contributed by atoms with Crippen molar-refractivity contribution in [2.24, 2.45) is 5.92 Å². The zero-order valence-electron chi connectivity index (χ0n) is 12.9. The van der Waals surface area contributed by atoms with Crippen LogP contribution < -0.4 is 0 Å². The van der Waals surface area contributed by atoms with Crippen LogP contribution in [0.25, 0.3) is 10.9 Å². The molecule has 1 amide bonds. The van der Waals surface area contributed by atoms with Crippen LogP contribution in [0.4, 0.5) is 4.39 Å². The van der Waals surface area contributed by atoms with E-state index in [1.165, 1.54) is 12.1 Å². The van der Waals surface area contributed by atoms with Crippen molar-refractivity contribution in [1.82, 2.24) is 19.6 Å². The van der Waals surface area contributed by atoms with Crippen LogP contribution in [0.2, 0.25) is 0 Å². The number of fused-ring (bicyclic) bond motifs is 3. The Hall–Kier alpha value is -1.95. The lowest BCUT2D eigenvalue weighted by Gasteiger charge is -2.48. The van der Waals surface area contributed by atoms with Gasteiger partial charge in [0.25, 0.3) is 5.91 Å². The minimum atomic E-state index is -0.365. The van der Waals surface area contributed by atoms with Crippen molar-refractivity contribution in [3.8, 4) is 0 Å². The third-order valence-corrected chi connectivity index (χ3v) is 5.76. The maximum Gasteiger partial charge on any atom is 0.256 e. The minimum absolute atomic E-state index is 0.0347. The number of carbonyl (C=O) groups excluding carboxylic acids is 1. The average Bonchev–Trinajstić information content (AvgIpc) is 2.91. The van der Waals surface area contributed by atoms with Crippen molar-refractivity contribution in [3.63, 3.8) is 0 Å². The van der Waals surface area contributed by atoms with Crippen LogP contribution in [0.3, 0.4) is 0 Å². The van der Waals surface area contributed by atoms with E-state index in [4.69, 9.17) is 0 Å². The summed E-state index contributed by atoms with van der Waals surface area (Å²) < 4.78 is 15.8. The first-order valence-electron chi connectivity index (χ1n) is 8.39. The Kier molecular flexibility index (Phi) is 2.80. The third kappa shape index (κ3) is 1.94. The Labute approximate surface area is 133 Å². The van der Waals surface area contributed by atoms with Gasteiger partial charge in [0.2, 0.25) is 0 Å². The summed E-state index contributed by atoms with van der Waals surface area (Å²) in [6, 6.07) is 3.09. The summed E-state index contributed by atoms with van der Waals surface area (Å²) >= 11 is 0. The summed E-state index contributed by atoms with van der Waals surface area (Å²) in [7, 11) is 0. The standard InChI is InChI=1S/C17H19FN4O/c18-13-7-12-9-19-22-6-5-21(17(23)14(8-13)16(12)22)15-10-20-3-1-11(15)2-4-20/h7-9,11,15H,1-6,10H2. The van der Waals surface area contributed by atoms with Crippen molar-refractivity contribution in [2.75, 3.05) is 26.2 Å². The lowest BCUT2D eigenvalue weighted by atomic mass is 9.83. The summed E-state index contributed by atoms with van der Waals surface area (Å²) in [5, 5.41) is 5.06. The van der Waals surface area contributed by atoms with Crippen LogP contribution in [-0.2, 0) is 6.54 Å². The molecule has 0 radical (unpaired) electrons. The largest absolute Gasteiger partial charge is 0.332 e. The molecular formula is C17H19FN4O. The highest BCUT2D eigenvalue weighted by atomic mass is 19.1. The zero-order valence-corrected chi connectivity index (χ0v) is 12.9. The fourth-order valence-electron chi connectivity index (χ4n) is 4.59. The summed E-state index contributed by atoms with van der Waals surface area (Å²) in [6.45, 7) is 4.58. The SMILES string of the molecule is O=C1c2cc(F)cc3cnn(c23)CCN1C1CN2CCC1CC2. The first kappa shape index (κ1) is 13.5. The van der Waals surface area contributed by atoms with Gasteiger partial charge in [-0.15, -0.1) is 0 Å². The highest BCUT2D eigenvalue weighted by Gasteiger charge is 2.40. The maximum atomic E-state index is 13.9. The molecule has 0 N–H and O–H groups in total. The van der Waals surface area contributed by atoms with Gasteiger partial charge in [0.05, 0.1) is 23.8 Å². The van der Waals surface area contributed by atoms with Gasteiger partial charge in [-0.25, -0.2) is 4.39 Å². The number of rotatable bonds is 1. The van der Waals surface area contributed by atoms with Crippen LogP contribution in [-0.4, -0.2) is 57.7 Å². The predicted molar refractivity (Wildman–Crippen MR) is 83.7 cm³/mol. The second-order valence-corrected chi connectivity index (χ2v) is 6.96. The molecule has 120 valence electrons. The fraction of sp³-hybridized carbons (Fsp3) is 0.529. The fourth-order valence-corrected chi connectivity index (χ4v) is 4.59. The highest BCUT2D eigenvalue weighted by Crippen LogP contribution is 2.33. The monoisotopic (exact) mass is 314 g/mol. The van der Waals surface area contributed by atoms with Crippen LogP contribution in [0.1, 0.15) is 23.2 Å². The van der Waals surface area contributed by atoms with E-state index in [0.29, 0.717) is 30.0 Å². The molecule has 5 heterocycles. The average molecular weight is 314 g/mol. The number of amides is 1. The van der Waals surface area contributed by atoms with Gasteiger partial charge in [-0.05, 0) is 44.0 Å². The smallest absolute Gasteiger partial charge is 0.256 e. The molecule has 4 aliphatic heterocycles. The number of nitrogens with zero attached hydrogens (tertiary/aromatic N) is 4. The van der Waals surface area contributed by atoms with E-state index in [1.54, 1.807) is 6.20 Å². The second-order valence-electron chi connectivity index (χ2n) is 6.96. The Balaban J connectivity index is 1.58. The lowest BCUT2D eigenvalue weighted by molar-refractivity contribution is 0.00705. The van der Waals surface area contributed by atoms with Crippen molar-refractivity contribution >= 4 is 16.8 Å². The topological polar surface area (TPSA) is 41.4 Å². The molecule has 4 aliphatic rings. The second kappa shape index (κ2) is 4.77. The Morgan fingerprint density at radius 2 is 1.96 bits per heavy atom. The number of aromatic nitrogens is 2. The highest BCUT2D eigenvalue weighted by molar-refractivity contribution is 6.06. The van der Waals surface area contributed by atoms with Crippen LogP contribution in [0, 0.1) is 11.7 Å². The molecule has 3 saturated heterocycles. The lowest BCUT2D eigenvalue weighted by Crippen LogP contribution is -2.58. The maximum absolute atomic E-state index is 13.9. The summed E-state index contributed by atoms with van der Waals surface area (Å²) in [5.74, 6) is 0.182.